The van der Waals surface area contributed by atoms with E-state index < -0.39 is 28.5 Å². The van der Waals surface area contributed by atoms with Crippen LogP contribution < -0.4 is 9.62 Å². The molecule has 0 saturated carbocycles. The van der Waals surface area contributed by atoms with E-state index in [0.29, 0.717) is 27.8 Å². The number of carbonyl (C=O) groups excluding carboxylic acids is 2. The predicted octanol–water partition coefficient (Wildman–Crippen LogP) is 6.27. The maximum Gasteiger partial charge on any atom is 0.264 e. The first-order valence-electron chi connectivity index (χ1n) is 13.8. The summed E-state index contributed by atoms with van der Waals surface area (Å²) >= 11 is 12.2. The molecule has 0 fully saturated rings. The van der Waals surface area contributed by atoms with Crippen LogP contribution in [0.2, 0.25) is 10.0 Å². The smallest absolute Gasteiger partial charge is 0.264 e. The van der Waals surface area contributed by atoms with Crippen molar-refractivity contribution in [3.8, 4) is 0 Å². The molecule has 10 heteroatoms. The van der Waals surface area contributed by atoms with E-state index in [2.05, 4.69) is 5.32 Å². The number of anilines is 1. The van der Waals surface area contributed by atoms with Crippen molar-refractivity contribution in [3.05, 3.63) is 130 Å². The molecule has 0 aromatic heterocycles. The molecule has 0 saturated heterocycles. The molecule has 2 amide bonds. The van der Waals surface area contributed by atoms with Crippen LogP contribution in [0.4, 0.5) is 5.69 Å². The van der Waals surface area contributed by atoms with Gasteiger partial charge in [-0.3, -0.25) is 13.9 Å². The highest BCUT2D eigenvalue weighted by molar-refractivity contribution is 7.92. The molecule has 1 unspecified atom stereocenters. The quantitative estimate of drug-likeness (QED) is 0.198. The van der Waals surface area contributed by atoms with Gasteiger partial charge in [0.05, 0.1) is 10.6 Å². The van der Waals surface area contributed by atoms with Gasteiger partial charge >= 0.3 is 0 Å². The van der Waals surface area contributed by atoms with Gasteiger partial charge in [-0.25, -0.2) is 8.42 Å². The Hall–Kier alpha value is -3.85. The number of nitrogens with zero attached hydrogens (tertiary/aromatic N) is 2. The van der Waals surface area contributed by atoms with Gasteiger partial charge in [0, 0.05) is 29.6 Å². The molecule has 7 nitrogen and oxygen atoms in total. The van der Waals surface area contributed by atoms with Crippen LogP contribution in [0.5, 0.6) is 0 Å². The van der Waals surface area contributed by atoms with Crippen LogP contribution in [-0.2, 0) is 32.6 Å². The topological polar surface area (TPSA) is 86.8 Å². The maximum atomic E-state index is 14.4. The Morgan fingerprint density at radius 3 is 1.98 bits per heavy atom. The number of sulfonamides is 1. The van der Waals surface area contributed by atoms with E-state index in [1.165, 1.54) is 29.2 Å². The first-order chi connectivity index (χ1) is 20.6. The van der Waals surface area contributed by atoms with Crippen molar-refractivity contribution in [2.75, 3.05) is 17.4 Å². The molecular weight excluding hydrogens is 605 g/mol. The molecule has 4 aromatic carbocycles. The number of halogens is 2. The van der Waals surface area contributed by atoms with Gasteiger partial charge < -0.3 is 10.2 Å². The number of rotatable bonds is 12. The Labute approximate surface area is 263 Å². The number of nitrogens with one attached hydrogen (secondary N) is 1. The minimum Gasteiger partial charge on any atom is -0.355 e. The third-order valence-corrected chi connectivity index (χ3v) is 9.23. The standard InChI is InChI=1S/C33H33Cl2N3O4S/c1-3-36-33(40)31(21-25-10-5-4-6-11-25)37(22-26-13-15-27(34)16-14-26)32(39)23-38(30-12-8-7-9-24(30)2)43(41,42)29-19-17-28(35)18-20-29/h4-20,31H,3,21-23H2,1-2H3,(H,36,40). The molecule has 0 aliphatic carbocycles. The first kappa shape index (κ1) is 32.1. The monoisotopic (exact) mass is 637 g/mol. The molecule has 0 bridgehead atoms. The fraction of sp³-hybridized carbons (Fsp3) is 0.212. The Kier molecular flexibility index (Phi) is 10.9. The summed E-state index contributed by atoms with van der Waals surface area (Å²) in [6.07, 6.45) is 0.236. The van der Waals surface area contributed by atoms with Gasteiger partial charge in [0.2, 0.25) is 11.8 Å². The molecule has 43 heavy (non-hydrogen) atoms. The first-order valence-corrected chi connectivity index (χ1v) is 16.0. The average molecular weight is 639 g/mol. The zero-order valence-corrected chi connectivity index (χ0v) is 26.2. The fourth-order valence-corrected chi connectivity index (χ4v) is 6.45. The van der Waals surface area contributed by atoms with Crippen LogP contribution in [0.15, 0.2) is 108 Å². The van der Waals surface area contributed by atoms with Crippen molar-refractivity contribution in [3.63, 3.8) is 0 Å². The molecule has 4 rings (SSSR count). The highest BCUT2D eigenvalue weighted by atomic mass is 35.5. The fourth-order valence-electron chi connectivity index (χ4n) is 4.72. The van der Waals surface area contributed by atoms with Crippen molar-refractivity contribution < 1.29 is 18.0 Å². The van der Waals surface area contributed by atoms with Crippen molar-refractivity contribution in [2.24, 2.45) is 0 Å². The number of likely N-dealkylation sites (N-methyl/N-ethyl adjacent to an activating group) is 1. The summed E-state index contributed by atoms with van der Waals surface area (Å²) in [7, 11) is -4.21. The Bertz CT molecular complexity index is 1650. The van der Waals surface area contributed by atoms with Crippen molar-refractivity contribution >= 4 is 50.7 Å². The van der Waals surface area contributed by atoms with Crippen LogP contribution in [0.3, 0.4) is 0 Å². The molecule has 1 N–H and O–H groups in total. The second-order valence-electron chi connectivity index (χ2n) is 10.0. The minimum absolute atomic E-state index is 0.0123. The molecule has 0 heterocycles. The van der Waals surface area contributed by atoms with Crippen LogP contribution in [0.1, 0.15) is 23.6 Å². The van der Waals surface area contributed by atoms with Crippen LogP contribution >= 0.6 is 23.2 Å². The highest BCUT2D eigenvalue weighted by Gasteiger charge is 2.34. The summed E-state index contributed by atoms with van der Waals surface area (Å²) in [5.74, 6) is -0.875. The summed E-state index contributed by atoms with van der Waals surface area (Å²) in [5.41, 5.74) is 2.62. The summed E-state index contributed by atoms with van der Waals surface area (Å²) in [5, 5.41) is 3.77. The third kappa shape index (κ3) is 8.16. The minimum atomic E-state index is -4.21. The Balaban J connectivity index is 1.80. The lowest BCUT2D eigenvalue weighted by atomic mass is 10.0. The third-order valence-electron chi connectivity index (χ3n) is 6.95. The largest absolute Gasteiger partial charge is 0.355 e. The Morgan fingerprint density at radius 1 is 0.791 bits per heavy atom. The lowest BCUT2D eigenvalue weighted by molar-refractivity contribution is -0.140. The van der Waals surface area contributed by atoms with Crippen LogP contribution in [-0.4, -0.2) is 44.3 Å². The molecule has 1 atom stereocenters. The normalized spacial score (nSPS) is 11.9. The van der Waals surface area contributed by atoms with E-state index in [9.17, 15) is 18.0 Å². The maximum absolute atomic E-state index is 14.4. The zero-order valence-electron chi connectivity index (χ0n) is 23.9. The molecule has 224 valence electrons. The van der Waals surface area contributed by atoms with E-state index in [1.807, 2.05) is 30.3 Å². The lowest BCUT2D eigenvalue weighted by Gasteiger charge is -2.34. The van der Waals surface area contributed by atoms with Crippen LogP contribution in [0.25, 0.3) is 0 Å². The van der Waals surface area contributed by atoms with E-state index in [4.69, 9.17) is 23.2 Å². The summed E-state index contributed by atoms with van der Waals surface area (Å²) in [6, 6.07) is 28.2. The zero-order chi connectivity index (χ0) is 31.0. The molecule has 0 aliphatic rings. The van der Waals surface area contributed by atoms with Crippen molar-refractivity contribution in [2.45, 2.75) is 37.8 Å². The van der Waals surface area contributed by atoms with Gasteiger partial charge in [0.15, 0.2) is 0 Å². The van der Waals surface area contributed by atoms with Crippen LogP contribution in [0, 0.1) is 6.92 Å². The number of hydrogen-bond donors (Lipinski definition) is 1. The number of para-hydroxylation sites is 1. The number of aryl methyl sites for hydroxylation is 1. The number of carbonyl (C=O) groups is 2. The van der Waals surface area contributed by atoms with Crippen molar-refractivity contribution in [1.29, 1.82) is 0 Å². The average Bonchev–Trinajstić information content (AvgIpc) is 3.00. The van der Waals surface area contributed by atoms with E-state index >= 15 is 0 Å². The van der Waals surface area contributed by atoms with Gasteiger partial charge in [0.1, 0.15) is 12.6 Å². The second kappa shape index (κ2) is 14.6. The second-order valence-corrected chi connectivity index (χ2v) is 12.7. The lowest BCUT2D eigenvalue weighted by Crippen LogP contribution is -2.53. The number of hydrogen-bond acceptors (Lipinski definition) is 4. The number of amides is 2. The molecule has 4 aromatic rings. The molecule has 0 radical (unpaired) electrons. The summed E-state index contributed by atoms with van der Waals surface area (Å²) in [6.45, 7) is 3.48. The van der Waals surface area contributed by atoms with Gasteiger partial charge in [-0.05, 0) is 73.0 Å². The molecular formula is C33H33Cl2N3O4S. The van der Waals surface area contributed by atoms with E-state index in [0.717, 1.165) is 15.4 Å². The van der Waals surface area contributed by atoms with E-state index in [1.54, 1.807) is 62.4 Å². The highest BCUT2D eigenvalue weighted by Crippen LogP contribution is 2.28. The molecule has 0 spiro atoms. The molecule has 0 aliphatic heterocycles. The van der Waals surface area contributed by atoms with Gasteiger partial charge in [-0.2, -0.15) is 0 Å². The SMILES string of the molecule is CCNC(=O)C(Cc1ccccc1)N(Cc1ccc(Cl)cc1)C(=O)CN(c1ccccc1C)S(=O)(=O)c1ccc(Cl)cc1. The van der Waals surface area contributed by atoms with E-state index in [-0.39, 0.29) is 23.8 Å². The Morgan fingerprint density at radius 2 is 1.37 bits per heavy atom. The number of benzene rings is 4. The summed E-state index contributed by atoms with van der Waals surface area (Å²) < 4.78 is 29.2. The summed E-state index contributed by atoms with van der Waals surface area (Å²) in [4.78, 5) is 29.3. The van der Waals surface area contributed by atoms with Gasteiger partial charge in [-0.1, -0.05) is 83.9 Å². The predicted molar refractivity (Wildman–Crippen MR) is 172 cm³/mol. The van der Waals surface area contributed by atoms with Crippen molar-refractivity contribution in [1.82, 2.24) is 10.2 Å². The van der Waals surface area contributed by atoms with Gasteiger partial charge in [-0.15, -0.1) is 0 Å². The van der Waals surface area contributed by atoms with Gasteiger partial charge in [0.25, 0.3) is 10.0 Å².